The standard InChI is InChI=1S/C8H14FNO2/c9-2-4-10-3-1-7(6-10)5-8(11)12/h7H,1-6H2,(H,11,12). The molecule has 1 unspecified atom stereocenters. The topological polar surface area (TPSA) is 40.5 Å². The number of carboxylic acids is 1. The second-order valence-corrected chi connectivity index (χ2v) is 3.24. The Bertz CT molecular complexity index is 163. The van der Waals surface area contributed by atoms with Gasteiger partial charge in [0.2, 0.25) is 0 Å². The normalized spacial score (nSPS) is 24.6. The molecule has 1 aliphatic heterocycles. The van der Waals surface area contributed by atoms with Crippen molar-refractivity contribution in [1.82, 2.24) is 4.90 Å². The molecule has 1 aliphatic rings. The lowest BCUT2D eigenvalue weighted by Gasteiger charge is -2.12. The Morgan fingerprint density at radius 2 is 2.42 bits per heavy atom. The Hall–Kier alpha value is -0.640. The third-order valence-electron chi connectivity index (χ3n) is 2.23. The molecule has 3 nitrogen and oxygen atoms in total. The molecule has 1 N–H and O–H groups in total. The minimum atomic E-state index is -0.748. The fourth-order valence-corrected chi connectivity index (χ4v) is 1.65. The summed E-state index contributed by atoms with van der Waals surface area (Å²) in [6, 6.07) is 0. The van der Waals surface area contributed by atoms with E-state index in [-0.39, 0.29) is 19.0 Å². The monoisotopic (exact) mass is 175 g/mol. The molecular formula is C8H14FNO2. The number of halogens is 1. The average molecular weight is 175 g/mol. The summed E-state index contributed by atoms with van der Waals surface area (Å²) in [5.74, 6) is -0.517. The summed E-state index contributed by atoms with van der Waals surface area (Å²) < 4.78 is 11.9. The Labute approximate surface area is 71.2 Å². The van der Waals surface area contributed by atoms with Gasteiger partial charge in [-0.3, -0.25) is 4.79 Å². The van der Waals surface area contributed by atoms with Crippen molar-refractivity contribution in [2.45, 2.75) is 12.8 Å². The molecule has 70 valence electrons. The first kappa shape index (κ1) is 9.45. The van der Waals surface area contributed by atoms with Crippen LogP contribution in [0.3, 0.4) is 0 Å². The number of likely N-dealkylation sites (tertiary alicyclic amines) is 1. The third kappa shape index (κ3) is 2.77. The van der Waals surface area contributed by atoms with Crippen molar-refractivity contribution in [2.75, 3.05) is 26.3 Å². The van der Waals surface area contributed by atoms with Crippen molar-refractivity contribution in [1.29, 1.82) is 0 Å². The number of carbonyl (C=O) groups is 1. The van der Waals surface area contributed by atoms with Gasteiger partial charge in [-0.05, 0) is 18.9 Å². The predicted octanol–water partition coefficient (Wildman–Crippen LogP) is 0.753. The molecule has 0 aromatic carbocycles. The van der Waals surface area contributed by atoms with E-state index in [1.54, 1.807) is 0 Å². The largest absolute Gasteiger partial charge is 0.481 e. The summed E-state index contributed by atoms with van der Waals surface area (Å²) in [6.07, 6.45) is 1.12. The maximum atomic E-state index is 11.9. The Morgan fingerprint density at radius 3 is 3.00 bits per heavy atom. The van der Waals surface area contributed by atoms with Gasteiger partial charge in [0.05, 0.1) is 0 Å². The number of carboxylic acid groups (broad SMARTS) is 1. The van der Waals surface area contributed by atoms with E-state index in [9.17, 15) is 9.18 Å². The highest BCUT2D eigenvalue weighted by Crippen LogP contribution is 2.18. The van der Waals surface area contributed by atoms with Crippen LogP contribution in [0.15, 0.2) is 0 Å². The first-order valence-electron chi connectivity index (χ1n) is 4.22. The number of nitrogens with zero attached hydrogens (tertiary/aromatic N) is 1. The second kappa shape index (κ2) is 4.40. The van der Waals surface area contributed by atoms with Gasteiger partial charge in [-0.2, -0.15) is 0 Å². The maximum Gasteiger partial charge on any atom is 0.303 e. The van der Waals surface area contributed by atoms with Gasteiger partial charge in [0.1, 0.15) is 6.67 Å². The van der Waals surface area contributed by atoms with Crippen LogP contribution >= 0.6 is 0 Å². The molecular weight excluding hydrogens is 161 g/mol. The van der Waals surface area contributed by atoms with E-state index in [1.807, 2.05) is 4.90 Å². The maximum absolute atomic E-state index is 11.9. The number of hydrogen-bond donors (Lipinski definition) is 1. The summed E-state index contributed by atoms with van der Waals surface area (Å²) in [7, 11) is 0. The molecule has 0 saturated carbocycles. The van der Waals surface area contributed by atoms with Gasteiger partial charge in [0.25, 0.3) is 0 Å². The van der Waals surface area contributed by atoms with Crippen LogP contribution in [0, 0.1) is 5.92 Å². The molecule has 1 fully saturated rings. The molecule has 0 aromatic rings. The van der Waals surface area contributed by atoms with Gasteiger partial charge in [-0.15, -0.1) is 0 Å². The molecule has 0 aromatic heterocycles. The third-order valence-corrected chi connectivity index (χ3v) is 2.23. The Morgan fingerprint density at radius 1 is 1.67 bits per heavy atom. The molecule has 1 atom stereocenters. The summed E-state index contributed by atoms with van der Waals surface area (Å²) in [6.45, 7) is 1.72. The van der Waals surface area contributed by atoms with E-state index >= 15 is 0 Å². The number of hydrogen-bond acceptors (Lipinski definition) is 2. The molecule has 0 radical (unpaired) electrons. The van der Waals surface area contributed by atoms with Gasteiger partial charge >= 0.3 is 5.97 Å². The molecule has 1 saturated heterocycles. The van der Waals surface area contributed by atoms with Crippen molar-refractivity contribution in [3.63, 3.8) is 0 Å². The fourth-order valence-electron chi connectivity index (χ4n) is 1.65. The zero-order valence-corrected chi connectivity index (χ0v) is 7.00. The number of aliphatic carboxylic acids is 1. The van der Waals surface area contributed by atoms with Gasteiger partial charge in [-0.25, -0.2) is 4.39 Å². The highest BCUT2D eigenvalue weighted by Gasteiger charge is 2.23. The molecule has 1 rings (SSSR count). The molecule has 1 heterocycles. The van der Waals surface area contributed by atoms with Crippen molar-refractivity contribution < 1.29 is 14.3 Å². The fraction of sp³-hybridized carbons (Fsp3) is 0.875. The first-order chi connectivity index (χ1) is 5.72. The Kier molecular flexibility index (Phi) is 3.47. The minimum Gasteiger partial charge on any atom is -0.481 e. The van der Waals surface area contributed by atoms with Gasteiger partial charge in [0, 0.05) is 19.5 Å². The molecule has 0 aliphatic carbocycles. The predicted molar refractivity (Wildman–Crippen MR) is 42.8 cm³/mol. The van der Waals surface area contributed by atoms with Crippen LogP contribution in [0.4, 0.5) is 4.39 Å². The van der Waals surface area contributed by atoms with Gasteiger partial charge < -0.3 is 10.0 Å². The molecule has 0 spiro atoms. The van der Waals surface area contributed by atoms with Crippen LogP contribution in [0.1, 0.15) is 12.8 Å². The van der Waals surface area contributed by atoms with Crippen LogP contribution < -0.4 is 0 Å². The smallest absolute Gasteiger partial charge is 0.303 e. The number of rotatable bonds is 4. The van der Waals surface area contributed by atoms with Crippen LogP contribution in [0.2, 0.25) is 0 Å². The van der Waals surface area contributed by atoms with Crippen molar-refractivity contribution in [3.05, 3.63) is 0 Å². The summed E-state index contributed by atoms with van der Waals surface area (Å²) in [5, 5.41) is 8.50. The van der Waals surface area contributed by atoms with Crippen molar-refractivity contribution in [3.8, 4) is 0 Å². The van der Waals surface area contributed by atoms with Gasteiger partial charge in [-0.1, -0.05) is 0 Å². The summed E-state index contributed by atoms with van der Waals surface area (Å²) in [5.41, 5.74) is 0. The highest BCUT2D eigenvalue weighted by molar-refractivity contribution is 5.67. The lowest BCUT2D eigenvalue weighted by Crippen LogP contribution is -2.23. The van der Waals surface area contributed by atoms with Crippen LogP contribution in [0.25, 0.3) is 0 Å². The summed E-state index contributed by atoms with van der Waals surface area (Å²) >= 11 is 0. The SMILES string of the molecule is O=C(O)CC1CCN(CCF)C1. The van der Waals surface area contributed by atoms with E-state index in [0.717, 1.165) is 19.5 Å². The van der Waals surface area contributed by atoms with Crippen LogP contribution in [-0.2, 0) is 4.79 Å². The minimum absolute atomic E-state index is 0.225. The zero-order valence-electron chi connectivity index (χ0n) is 7.00. The lowest BCUT2D eigenvalue weighted by atomic mass is 10.1. The first-order valence-corrected chi connectivity index (χ1v) is 4.22. The van der Waals surface area contributed by atoms with Crippen molar-refractivity contribution in [2.24, 2.45) is 5.92 Å². The van der Waals surface area contributed by atoms with E-state index in [4.69, 9.17) is 5.11 Å². The second-order valence-electron chi connectivity index (χ2n) is 3.24. The van der Waals surface area contributed by atoms with E-state index in [1.165, 1.54) is 0 Å². The molecule has 0 bridgehead atoms. The molecule has 0 amide bonds. The lowest BCUT2D eigenvalue weighted by molar-refractivity contribution is -0.138. The van der Waals surface area contributed by atoms with E-state index < -0.39 is 5.97 Å². The molecule has 4 heteroatoms. The van der Waals surface area contributed by atoms with E-state index in [0.29, 0.717) is 6.54 Å². The van der Waals surface area contributed by atoms with Crippen molar-refractivity contribution >= 4 is 5.97 Å². The summed E-state index contributed by atoms with van der Waals surface area (Å²) in [4.78, 5) is 12.3. The van der Waals surface area contributed by atoms with E-state index in [2.05, 4.69) is 0 Å². The average Bonchev–Trinajstić information content (AvgIpc) is 2.36. The van der Waals surface area contributed by atoms with Crippen LogP contribution in [-0.4, -0.2) is 42.3 Å². The quantitative estimate of drug-likeness (QED) is 0.685. The van der Waals surface area contributed by atoms with Gasteiger partial charge in [0.15, 0.2) is 0 Å². The zero-order chi connectivity index (χ0) is 8.97. The molecule has 12 heavy (non-hydrogen) atoms. The Balaban J connectivity index is 2.21. The highest BCUT2D eigenvalue weighted by atomic mass is 19.1. The number of alkyl halides is 1. The van der Waals surface area contributed by atoms with Crippen LogP contribution in [0.5, 0.6) is 0 Å².